The van der Waals surface area contributed by atoms with Crippen LogP contribution in [0, 0.1) is 0 Å². The molecule has 0 radical (unpaired) electrons. The van der Waals surface area contributed by atoms with E-state index in [1.165, 1.54) is 11.8 Å². The molecule has 3 rings (SSSR count). The molecule has 8 heteroatoms. The molecule has 0 spiro atoms. The molecule has 190 valence electrons. The lowest BCUT2D eigenvalue weighted by molar-refractivity contribution is -0.139. The van der Waals surface area contributed by atoms with Crippen LogP contribution in [-0.4, -0.2) is 35.1 Å². The number of amides is 2. The fourth-order valence-corrected chi connectivity index (χ4v) is 5.27. The fraction of sp³-hybridized carbons (Fsp3) is 0.286. The molecule has 0 aliphatic heterocycles. The van der Waals surface area contributed by atoms with Crippen LogP contribution >= 0.6 is 46.6 Å². The largest absolute Gasteiger partial charge is 0.354 e. The molecular formula is C28H29Cl3N2O2S. The average Bonchev–Trinajstić information content (AvgIpc) is 2.87. The Kier molecular flexibility index (Phi) is 11.5. The number of hydrogen-bond donors (Lipinski definition) is 1. The van der Waals surface area contributed by atoms with Crippen LogP contribution in [0.5, 0.6) is 0 Å². The number of nitrogens with zero attached hydrogens (tertiary/aromatic N) is 1. The van der Waals surface area contributed by atoms with Gasteiger partial charge >= 0.3 is 0 Å². The van der Waals surface area contributed by atoms with E-state index in [9.17, 15) is 9.59 Å². The predicted octanol–water partition coefficient (Wildman–Crippen LogP) is 7.05. The van der Waals surface area contributed by atoms with E-state index in [1.54, 1.807) is 29.2 Å². The summed E-state index contributed by atoms with van der Waals surface area (Å²) >= 11 is 19.8. The highest BCUT2D eigenvalue weighted by Gasteiger charge is 2.30. The molecule has 36 heavy (non-hydrogen) atoms. The monoisotopic (exact) mass is 562 g/mol. The molecule has 0 heterocycles. The molecule has 0 aliphatic carbocycles. The number of carbonyl (C=O) groups excluding carboxylic acids is 2. The Labute approximate surface area is 232 Å². The number of thioether (sulfide) groups is 1. The normalized spacial score (nSPS) is 11.7. The summed E-state index contributed by atoms with van der Waals surface area (Å²) in [6, 6.07) is 21.8. The first-order valence-electron chi connectivity index (χ1n) is 11.7. The van der Waals surface area contributed by atoms with Crippen LogP contribution in [0.2, 0.25) is 15.1 Å². The van der Waals surface area contributed by atoms with E-state index in [2.05, 4.69) is 5.32 Å². The van der Waals surface area contributed by atoms with Crippen LogP contribution in [0.15, 0.2) is 72.8 Å². The molecule has 0 saturated carbocycles. The third-order valence-electron chi connectivity index (χ3n) is 5.58. The van der Waals surface area contributed by atoms with Gasteiger partial charge in [0.25, 0.3) is 0 Å². The summed E-state index contributed by atoms with van der Waals surface area (Å²) in [5.74, 6) is 0.488. The Morgan fingerprint density at radius 2 is 1.61 bits per heavy atom. The van der Waals surface area contributed by atoms with Gasteiger partial charge in [-0.3, -0.25) is 9.59 Å². The van der Waals surface area contributed by atoms with Crippen molar-refractivity contribution in [3.8, 4) is 0 Å². The van der Waals surface area contributed by atoms with Crippen LogP contribution in [0.1, 0.15) is 30.0 Å². The maximum atomic E-state index is 13.6. The van der Waals surface area contributed by atoms with Gasteiger partial charge in [0.05, 0.1) is 5.75 Å². The van der Waals surface area contributed by atoms with Gasteiger partial charge in [-0.2, -0.15) is 0 Å². The minimum Gasteiger partial charge on any atom is -0.354 e. The van der Waals surface area contributed by atoms with Gasteiger partial charge in [0.1, 0.15) is 6.04 Å². The Morgan fingerprint density at radius 3 is 2.28 bits per heavy atom. The summed E-state index contributed by atoms with van der Waals surface area (Å²) in [5.41, 5.74) is 2.80. The topological polar surface area (TPSA) is 49.4 Å². The summed E-state index contributed by atoms with van der Waals surface area (Å²) in [6.07, 6.45) is 1.23. The molecule has 0 aliphatic rings. The van der Waals surface area contributed by atoms with Crippen LogP contribution in [0.25, 0.3) is 0 Å². The van der Waals surface area contributed by atoms with Crippen molar-refractivity contribution in [1.29, 1.82) is 0 Å². The third-order valence-corrected chi connectivity index (χ3v) is 7.39. The Bertz CT molecular complexity index is 1140. The molecule has 1 N–H and O–H groups in total. The van der Waals surface area contributed by atoms with Crippen molar-refractivity contribution in [2.75, 3.05) is 12.3 Å². The lowest BCUT2D eigenvalue weighted by Crippen LogP contribution is -2.51. The molecule has 0 unspecified atom stereocenters. The van der Waals surface area contributed by atoms with Gasteiger partial charge in [-0.25, -0.2) is 0 Å². The van der Waals surface area contributed by atoms with Gasteiger partial charge in [-0.05, 0) is 47.4 Å². The molecule has 3 aromatic carbocycles. The van der Waals surface area contributed by atoms with Crippen LogP contribution < -0.4 is 5.32 Å². The second-order valence-electron chi connectivity index (χ2n) is 8.37. The maximum Gasteiger partial charge on any atom is 0.243 e. The summed E-state index contributed by atoms with van der Waals surface area (Å²) in [4.78, 5) is 28.6. The molecule has 2 amide bonds. The lowest BCUT2D eigenvalue weighted by atomic mass is 10.0. The molecular weight excluding hydrogens is 535 g/mol. The van der Waals surface area contributed by atoms with Crippen molar-refractivity contribution in [3.05, 3.63) is 105 Å². The van der Waals surface area contributed by atoms with E-state index in [1.807, 2.05) is 55.5 Å². The first-order chi connectivity index (χ1) is 17.4. The quantitative estimate of drug-likeness (QED) is 0.257. The van der Waals surface area contributed by atoms with Crippen molar-refractivity contribution >= 4 is 58.4 Å². The van der Waals surface area contributed by atoms with Crippen molar-refractivity contribution in [2.24, 2.45) is 0 Å². The van der Waals surface area contributed by atoms with Crippen molar-refractivity contribution in [1.82, 2.24) is 10.2 Å². The number of nitrogens with one attached hydrogen (secondary N) is 1. The van der Waals surface area contributed by atoms with Crippen molar-refractivity contribution in [3.63, 3.8) is 0 Å². The summed E-state index contributed by atoms with van der Waals surface area (Å²) in [7, 11) is 0. The number of rotatable bonds is 12. The lowest BCUT2D eigenvalue weighted by Gasteiger charge is -2.31. The van der Waals surface area contributed by atoms with Gasteiger partial charge in [-0.15, -0.1) is 11.8 Å². The van der Waals surface area contributed by atoms with E-state index < -0.39 is 6.04 Å². The van der Waals surface area contributed by atoms with Gasteiger partial charge < -0.3 is 10.2 Å². The minimum absolute atomic E-state index is 0.118. The van der Waals surface area contributed by atoms with Crippen molar-refractivity contribution < 1.29 is 9.59 Å². The van der Waals surface area contributed by atoms with Crippen LogP contribution in [0.4, 0.5) is 0 Å². The standard InChI is InChI=1S/C28H29Cl3N2O2S/c1-2-14-32-28(35)26(15-20-6-4-3-5-7-20)33(17-21-8-11-23(29)12-9-21)27(34)19-36-18-22-10-13-24(30)16-25(22)31/h3-13,16,26H,2,14-15,17-19H2,1H3,(H,32,35)/t26-/m0/s1. The highest BCUT2D eigenvalue weighted by molar-refractivity contribution is 7.99. The predicted molar refractivity (Wildman–Crippen MR) is 152 cm³/mol. The van der Waals surface area contributed by atoms with Crippen LogP contribution in [0.3, 0.4) is 0 Å². The zero-order valence-corrected chi connectivity index (χ0v) is 23.1. The Balaban J connectivity index is 1.83. The fourth-order valence-electron chi connectivity index (χ4n) is 3.68. The second-order valence-corrected chi connectivity index (χ2v) is 10.6. The average molecular weight is 564 g/mol. The smallest absolute Gasteiger partial charge is 0.243 e. The first-order valence-corrected chi connectivity index (χ1v) is 14.0. The minimum atomic E-state index is -0.651. The maximum absolute atomic E-state index is 13.6. The second kappa shape index (κ2) is 14.5. The summed E-state index contributed by atoms with van der Waals surface area (Å²) in [6.45, 7) is 2.86. The van der Waals surface area contributed by atoms with E-state index in [0.717, 1.165) is 23.1 Å². The van der Waals surface area contributed by atoms with E-state index >= 15 is 0 Å². The molecule has 0 aromatic heterocycles. The van der Waals surface area contributed by atoms with Gasteiger partial charge in [0.15, 0.2) is 0 Å². The molecule has 0 fully saturated rings. The number of benzene rings is 3. The number of hydrogen-bond acceptors (Lipinski definition) is 3. The molecule has 3 aromatic rings. The third kappa shape index (κ3) is 8.74. The molecule has 0 bridgehead atoms. The number of carbonyl (C=O) groups is 2. The molecule has 1 atom stereocenters. The highest BCUT2D eigenvalue weighted by Crippen LogP contribution is 2.25. The van der Waals surface area contributed by atoms with E-state index in [-0.39, 0.29) is 17.6 Å². The summed E-state index contributed by atoms with van der Waals surface area (Å²) in [5, 5.41) is 4.75. The number of halogens is 3. The van der Waals surface area contributed by atoms with E-state index in [4.69, 9.17) is 34.8 Å². The SMILES string of the molecule is CCCNC(=O)[C@H](Cc1ccccc1)N(Cc1ccc(Cl)cc1)C(=O)CSCc1ccc(Cl)cc1Cl. The van der Waals surface area contributed by atoms with Crippen molar-refractivity contribution in [2.45, 2.75) is 38.1 Å². The summed E-state index contributed by atoms with van der Waals surface area (Å²) < 4.78 is 0. The van der Waals surface area contributed by atoms with Gasteiger partial charge in [0, 0.05) is 40.3 Å². The molecule has 4 nitrogen and oxygen atoms in total. The highest BCUT2D eigenvalue weighted by atomic mass is 35.5. The zero-order valence-electron chi connectivity index (χ0n) is 20.1. The zero-order chi connectivity index (χ0) is 25.9. The Hall–Kier alpha value is -2.18. The van der Waals surface area contributed by atoms with Gasteiger partial charge in [0.2, 0.25) is 11.8 Å². The molecule has 0 saturated heterocycles. The Morgan fingerprint density at radius 1 is 0.917 bits per heavy atom. The van der Waals surface area contributed by atoms with Gasteiger partial charge in [-0.1, -0.05) is 90.3 Å². The first kappa shape index (κ1) is 28.4. The van der Waals surface area contributed by atoms with E-state index in [0.29, 0.717) is 40.3 Å². The van der Waals surface area contributed by atoms with Crippen LogP contribution in [-0.2, 0) is 28.3 Å².